The number of aryl methyl sites for hydroxylation is 1. The molecule has 5 fully saturated rings. The molecule has 0 spiro atoms. The van der Waals surface area contributed by atoms with Crippen LogP contribution in [-0.4, -0.2) is 246 Å². The Labute approximate surface area is 579 Å². The van der Waals surface area contributed by atoms with Gasteiger partial charge in [0.05, 0.1) is 52.0 Å². The summed E-state index contributed by atoms with van der Waals surface area (Å²) in [5.74, 6) is -1.20. The molecule has 570 valence electrons. The molecule has 0 amide bonds. The number of nitrogens with two attached hydrogens (primary N) is 4. The molecule has 5 aliphatic heterocycles. The van der Waals surface area contributed by atoms with Gasteiger partial charge in [-0.1, -0.05) is 0 Å². The van der Waals surface area contributed by atoms with Gasteiger partial charge in [-0.25, -0.2) is 52.8 Å². The first kappa shape index (κ1) is 75.3. The molecule has 0 aliphatic carbocycles. The van der Waals surface area contributed by atoms with Crippen LogP contribution in [0, 0.1) is 6.92 Å². The van der Waals surface area contributed by atoms with Crippen molar-refractivity contribution in [1.29, 1.82) is 0 Å². The van der Waals surface area contributed by atoms with Gasteiger partial charge in [0, 0.05) is 24.4 Å². The third-order valence-electron chi connectivity index (χ3n) is 17.0. The van der Waals surface area contributed by atoms with Crippen molar-refractivity contribution in [3.05, 3.63) is 101 Å². The number of imidazole rings is 3. The van der Waals surface area contributed by atoms with E-state index in [1.165, 1.54) is 6.92 Å². The highest BCUT2D eigenvalue weighted by molar-refractivity contribution is 7.48. The van der Waals surface area contributed by atoms with Crippen LogP contribution in [0.1, 0.15) is 43.1 Å². The van der Waals surface area contributed by atoms with Crippen LogP contribution in [0.25, 0.3) is 33.5 Å². The highest BCUT2D eigenvalue weighted by Crippen LogP contribution is 2.55. The number of aromatic nitrogens is 16. The number of phosphoric ester groups is 4. The molecule has 0 saturated carbocycles. The zero-order chi connectivity index (χ0) is 75.3. The molecule has 52 nitrogen and oxygen atoms in total. The number of nitrogen functional groups attached to an aromatic ring is 4. The molecule has 23 atom stereocenters. The zero-order valence-electron chi connectivity index (χ0n) is 53.1. The maximum atomic E-state index is 14.3. The fourth-order valence-electron chi connectivity index (χ4n) is 12.0. The number of H-pyrrole nitrogens is 3. The van der Waals surface area contributed by atoms with E-state index in [4.69, 9.17) is 82.8 Å². The predicted molar refractivity (Wildman–Crippen MR) is 338 cm³/mol. The largest absolute Gasteiger partial charge is 0.472 e. The molecule has 8 aromatic rings. The molecule has 5 aliphatic rings. The Kier molecular flexibility index (Phi) is 20.8. The minimum Gasteiger partial charge on any atom is -0.394 e. The first-order chi connectivity index (χ1) is 49.6. The van der Waals surface area contributed by atoms with Crippen LogP contribution >= 0.6 is 31.3 Å². The zero-order valence-corrected chi connectivity index (χ0v) is 56.7. The van der Waals surface area contributed by atoms with Crippen LogP contribution in [-0.2, 0) is 78.1 Å². The summed E-state index contributed by atoms with van der Waals surface area (Å²) in [7, 11) is -22.7. The van der Waals surface area contributed by atoms with Crippen LogP contribution in [0.15, 0.2) is 67.7 Å². The normalized spacial score (nSPS) is 31.6. The average Bonchev–Trinajstić information content (AvgIpc) is 1.63. The third-order valence-corrected chi connectivity index (χ3v) is 20.9. The number of aliphatic hydroxyl groups is 6. The van der Waals surface area contributed by atoms with Crippen LogP contribution in [0.5, 0.6) is 0 Å². The minimum absolute atomic E-state index is 0.0429. The quantitative estimate of drug-likeness (QED) is 0.0224. The van der Waals surface area contributed by atoms with Crippen molar-refractivity contribution in [3.8, 4) is 0 Å². The number of hydrogen-bond donors (Lipinski definition) is 17. The first-order valence-electron chi connectivity index (χ1n) is 30.5. The summed E-state index contributed by atoms with van der Waals surface area (Å²) < 4.78 is 133. The molecule has 0 aromatic carbocycles. The number of phosphoric acid groups is 4. The second kappa shape index (κ2) is 29.0. The van der Waals surface area contributed by atoms with Crippen molar-refractivity contribution < 1.29 is 128 Å². The van der Waals surface area contributed by atoms with Crippen molar-refractivity contribution in [2.24, 2.45) is 0 Å². The Hall–Kier alpha value is -7.99. The van der Waals surface area contributed by atoms with Crippen LogP contribution < -0.4 is 51.0 Å². The van der Waals surface area contributed by atoms with Crippen LogP contribution in [0.2, 0.25) is 0 Å². The lowest BCUT2D eigenvalue weighted by Crippen LogP contribution is -2.38. The lowest BCUT2D eigenvalue weighted by atomic mass is 10.1. The first-order valence-corrected chi connectivity index (χ1v) is 36.5. The van der Waals surface area contributed by atoms with Gasteiger partial charge < -0.3 is 96.8 Å². The van der Waals surface area contributed by atoms with Crippen LogP contribution in [0.4, 0.5) is 23.5 Å². The molecule has 105 heavy (non-hydrogen) atoms. The van der Waals surface area contributed by atoms with E-state index in [1.54, 1.807) is 0 Å². The monoisotopic (exact) mass is 1570 g/mol. The topological polar surface area (TPSA) is 755 Å². The van der Waals surface area contributed by atoms with Gasteiger partial charge in [-0.05, 0) is 13.0 Å². The molecule has 13 heterocycles. The average molecular weight is 1570 g/mol. The van der Waals surface area contributed by atoms with E-state index in [-0.39, 0.29) is 62.6 Å². The third kappa shape index (κ3) is 15.2. The van der Waals surface area contributed by atoms with Gasteiger partial charge in [-0.15, -0.1) is 0 Å². The maximum absolute atomic E-state index is 14.3. The number of rotatable bonds is 26. The lowest BCUT2D eigenvalue weighted by Gasteiger charge is -2.26. The number of ether oxygens (including phenoxy) is 5. The van der Waals surface area contributed by atoms with Crippen LogP contribution in [0.3, 0.4) is 0 Å². The highest BCUT2D eigenvalue weighted by atomic mass is 31.2. The Balaban J connectivity index is 0.713. The summed E-state index contributed by atoms with van der Waals surface area (Å²) in [6.07, 6.45) is -30.4. The van der Waals surface area contributed by atoms with Gasteiger partial charge in [-0.2, -0.15) is 15.0 Å². The highest BCUT2D eigenvalue weighted by Gasteiger charge is 2.55. The van der Waals surface area contributed by atoms with Gasteiger partial charge in [0.1, 0.15) is 109 Å². The Morgan fingerprint density at radius 2 is 0.952 bits per heavy atom. The second-order valence-corrected chi connectivity index (χ2v) is 29.5. The minimum atomic E-state index is -5.83. The van der Waals surface area contributed by atoms with Gasteiger partial charge in [-0.3, -0.25) is 88.4 Å². The van der Waals surface area contributed by atoms with Gasteiger partial charge >= 0.3 is 42.7 Å². The Bertz CT molecular complexity index is 5130. The van der Waals surface area contributed by atoms with Gasteiger partial charge in [0.15, 0.2) is 58.7 Å². The molecular weight excluding hydrogens is 1500 g/mol. The van der Waals surface area contributed by atoms with Crippen molar-refractivity contribution in [2.75, 3.05) is 56.0 Å². The smallest absolute Gasteiger partial charge is 0.394 e. The van der Waals surface area contributed by atoms with Crippen molar-refractivity contribution in [1.82, 2.24) is 77.7 Å². The van der Waals surface area contributed by atoms with E-state index in [0.29, 0.717) is 4.57 Å². The number of fused-ring (bicyclic) bond motifs is 3. The molecule has 56 heteroatoms. The number of nitrogens with zero attached hydrogens (tertiary/aromatic N) is 13. The summed E-state index contributed by atoms with van der Waals surface area (Å²) in [6.45, 7) is -4.46. The summed E-state index contributed by atoms with van der Waals surface area (Å²) in [5.41, 5.74) is 17.3. The lowest BCUT2D eigenvalue weighted by molar-refractivity contribution is -0.0654. The van der Waals surface area contributed by atoms with E-state index >= 15 is 0 Å². The maximum Gasteiger partial charge on any atom is 0.472 e. The molecule has 13 rings (SSSR count). The fraction of sp³-hybridized carbons (Fsp3) is 0.531. The fourth-order valence-corrected chi connectivity index (χ4v) is 15.9. The van der Waals surface area contributed by atoms with E-state index in [9.17, 15) is 92.4 Å². The summed E-state index contributed by atoms with van der Waals surface area (Å²) >= 11 is 0. The standard InChI is InChI=1S/C49H62N20O32P4/c1-15-5-66(49(80)64-39(15)76)23-4-16(18(93-23)7-89-103(83,84)99-32-17(6-70)94-45(29(32)73)69-14-58-26-38(69)61-47(53)63-41(26)78)98-102(81,82)91-9-21-34(31(75)44(97-21)67-12-56-24-35(51)54-11-55-36(24)67)101-105(87,88)92-10-20-33(30(74)43(96-20)65-3-2-22(50)59-48(65)79)100-104(85,86)90-8-19-27(71)28(72)42(95-19)68-13-57-25-37(68)60-46(52)62-40(25)77/h2-3,5,11-14,16-21,23,27-34,42-45,70-75H,4,6-10H2,1H3,(H,81,82)(H,83,84)(H,85,86)(H,87,88)(H2,50,59,79)(H2,51,54,55)(H,64,76,80)(H3,52,60,62,77)(H3,53,61,63,78)/t16-,17+,18+,19+,20+,21+,23+,27+,28+,29+,30+,31+,32+,33+,34+,42+,43+,44+,45+/m0/s1. The van der Waals surface area contributed by atoms with E-state index < -0.39 is 215 Å². The van der Waals surface area contributed by atoms with Gasteiger partial charge in [0.25, 0.3) is 16.7 Å². The Morgan fingerprint density at radius 1 is 0.505 bits per heavy atom. The Morgan fingerprint density at radius 3 is 1.48 bits per heavy atom. The SMILES string of the molecule is Cc1cn([C@H]2C[C@H](OP(=O)(O)OC[C@H]3O[C@@H](n4cnc5c(N)ncnc54)[C@H](O)[C@@H]3OP(=O)(O)OC[C@H]3O[C@@H](n4ccc(N)nc4=O)[C@H](O)[C@@H]3OP(=O)(O)OC[C@H]3O[C@@H](n4cnc5c(=O)[nH]c(N)nc54)[C@H](O)[C@@H]3O)[C@@H](COP(=O)(O)O[C@H]3[C@@H](O)[C@H](n4cnc5c(=O)[nH]c(N)nc54)O[C@@H]3CO)O2)c(=O)[nH]c1=O. The number of aromatic amines is 3. The van der Waals surface area contributed by atoms with E-state index in [1.807, 2.05) is 4.98 Å². The molecule has 8 aromatic heterocycles. The van der Waals surface area contributed by atoms with Crippen molar-refractivity contribution in [3.63, 3.8) is 0 Å². The summed E-state index contributed by atoms with van der Waals surface area (Å²) in [6, 6.07) is 1.08. The van der Waals surface area contributed by atoms with Gasteiger partial charge in [0.2, 0.25) is 11.9 Å². The summed E-state index contributed by atoms with van der Waals surface area (Å²) in [4.78, 5) is 147. The molecule has 4 unspecified atom stereocenters. The molecule has 21 N–H and O–H groups in total. The van der Waals surface area contributed by atoms with Crippen molar-refractivity contribution >= 4 is 88.3 Å². The number of hydrogen-bond acceptors (Lipinski definition) is 40. The number of aliphatic hydroxyl groups excluding tert-OH is 6. The van der Waals surface area contributed by atoms with E-state index in [2.05, 4.69) is 49.8 Å². The number of anilines is 4. The van der Waals surface area contributed by atoms with E-state index in [0.717, 1.165) is 62.0 Å². The predicted octanol–water partition coefficient (Wildman–Crippen LogP) is -6.78. The van der Waals surface area contributed by atoms with Crippen molar-refractivity contribution in [2.45, 2.75) is 130 Å². The molecular formula is C49H62N20O32P4. The molecule has 5 saturated heterocycles. The number of nitrogens with one attached hydrogen (secondary N) is 3. The summed E-state index contributed by atoms with van der Waals surface area (Å²) in [5, 5.41) is 67.2. The second-order valence-electron chi connectivity index (χ2n) is 23.8. The molecule has 0 radical (unpaired) electrons. The molecule has 0 bridgehead atoms.